The third-order valence-corrected chi connectivity index (χ3v) is 4.76. The summed E-state index contributed by atoms with van der Waals surface area (Å²) in [6.45, 7) is -0.434. The number of rotatable bonds is 6. The molecule has 4 amide bonds. The van der Waals surface area contributed by atoms with Gasteiger partial charge in [0.1, 0.15) is 12.3 Å². The molecule has 8 nitrogen and oxygen atoms in total. The van der Waals surface area contributed by atoms with Crippen molar-refractivity contribution in [3.63, 3.8) is 0 Å². The first-order valence-electron chi connectivity index (χ1n) is 8.51. The smallest absolute Gasteiger partial charge is 0.294 e. The van der Waals surface area contributed by atoms with Gasteiger partial charge in [-0.25, -0.2) is 0 Å². The molecule has 2 aromatic carbocycles. The van der Waals surface area contributed by atoms with Crippen molar-refractivity contribution in [3.8, 4) is 5.75 Å². The third-order valence-electron chi connectivity index (χ3n) is 3.85. The summed E-state index contributed by atoms with van der Waals surface area (Å²) in [5.74, 6) is -1.12. The van der Waals surface area contributed by atoms with Crippen LogP contribution < -0.4 is 15.4 Å². The standard InChI is InChI=1S/C20H17N3O5S/c1-28-15-9-7-14(8-10-15)21-17(24)11-16-19(26)23(20(27)29-16)12-18(25)22-13-5-3-2-4-6-13/h2-11H,12H2,1H3,(H,21,24)(H,22,25)/b16-11+. The van der Waals surface area contributed by atoms with Crippen LogP contribution in [0.5, 0.6) is 5.75 Å². The van der Waals surface area contributed by atoms with Gasteiger partial charge in [0.05, 0.1) is 12.0 Å². The van der Waals surface area contributed by atoms with Gasteiger partial charge in [0, 0.05) is 17.5 Å². The van der Waals surface area contributed by atoms with Crippen molar-refractivity contribution in [2.24, 2.45) is 0 Å². The lowest BCUT2D eigenvalue weighted by atomic mass is 10.3. The third kappa shape index (κ3) is 5.23. The van der Waals surface area contributed by atoms with Gasteiger partial charge in [0.25, 0.3) is 11.1 Å². The predicted molar refractivity (Wildman–Crippen MR) is 109 cm³/mol. The number of ether oxygens (including phenoxy) is 1. The molecule has 0 unspecified atom stereocenters. The van der Waals surface area contributed by atoms with Gasteiger partial charge < -0.3 is 15.4 Å². The Hall–Kier alpha value is -3.59. The second-order valence-corrected chi connectivity index (χ2v) is 6.89. The van der Waals surface area contributed by atoms with Crippen LogP contribution in [0, 0.1) is 0 Å². The molecule has 0 radical (unpaired) electrons. The number of anilines is 2. The highest BCUT2D eigenvalue weighted by Gasteiger charge is 2.36. The number of hydrogen-bond acceptors (Lipinski definition) is 6. The second-order valence-electron chi connectivity index (χ2n) is 5.90. The Kier molecular flexibility index (Phi) is 6.30. The average molecular weight is 411 g/mol. The van der Waals surface area contributed by atoms with E-state index in [1.54, 1.807) is 54.6 Å². The van der Waals surface area contributed by atoms with Crippen LogP contribution in [0.3, 0.4) is 0 Å². The summed E-state index contributed by atoms with van der Waals surface area (Å²) in [7, 11) is 1.53. The highest BCUT2D eigenvalue weighted by molar-refractivity contribution is 8.18. The molecule has 1 saturated heterocycles. The summed E-state index contributed by atoms with van der Waals surface area (Å²) in [5.41, 5.74) is 1.06. The van der Waals surface area contributed by atoms with Crippen LogP contribution in [-0.4, -0.2) is 41.5 Å². The van der Waals surface area contributed by atoms with E-state index in [0.717, 1.165) is 11.0 Å². The molecule has 0 spiro atoms. The second kappa shape index (κ2) is 9.07. The zero-order valence-electron chi connectivity index (χ0n) is 15.4. The normalized spacial score (nSPS) is 14.8. The maximum absolute atomic E-state index is 12.4. The number of para-hydroxylation sites is 1. The number of amides is 4. The first-order chi connectivity index (χ1) is 14.0. The summed E-state index contributed by atoms with van der Waals surface area (Å²) in [5, 5.41) is 4.59. The first kappa shape index (κ1) is 20.2. The monoisotopic (exact) mass is 411 g/mol. The van der Waals surface area contributed by atoms with Gasteiger partial charge in [0.15, 0.2) is 0 Å². The van der Waals surface area contributed by atoms with Crippen LogP contribution in [0.2, 0.25) is 0 Å². The Labute approximate surface area is 170 Å². The summed E-state index contributed by atoms with van der Waals surface area (Å²) < 4.78 is 5.04. The Morgan fingerprint density at radius 2 is 1.66 bits per heavy atom. The highest BCUT2D eigenvalue weighted by atomic mass is 32.2. The molecule has 3 rings (SSSR count). The van der Waals surface area contributed by atoms with Gasteiger partial charge in [-0.2, -0.15) is 0 Å². The fourth-order valence-electron chi connectivity index (χ4n) is 2.47. The van der Waals surface area contributed by atoms with Crippen LogP contribution in [-0.2, 0) is 14.4 Å². The van der Waals surface area contributed by atoms with Crippen molar-refractivity contribution in [1.29, 1.82) is 0 Å². The van der Waals surface area contributed by atoms with Crippen LogP contribution in [0.4, 0.5) is 16.2 Å². The minimum Gasteiger partial charge on any atom is -0.497 e. The van der Waals surface area contributed by atoms with Crippen molar-refractivity contribution < 1.29 is 23.9 Å². The largest absolute Gasteiger partial charge is 0.497 e. The lowest BCUT2D eigenvalue weighted by Crippen LogP contribution is -2.36. The molecule has 2 aromatic rings. The van der Waals surface area contributed by atoms with Crippen LogP contribution in [0.25, 0.3) is 0 Å². The molecule has 1 aliphatic heterocycles. The van der Waals surface area contributed by atoms with E-state index in [2.05, 4.69) is 10.6 Å². The van der Waals surface area contributed by atoms with Gasteiger partial charge >= 0.3 is 0 Å². The zero-order chi connectivity index (χ0) is 20.8. The highest BCUT2D eigenvalue weighted by Crippen LogP contribution is 2.30. The predicted octanol–water partition coefficient (Wildman–Crippen LogP) is 2.85. The number of nitrogens with one attached hydrogen (secondary N) is 2. The van der Waals surface area contributed by atoms with E-state index in [0.29, 0.717) is 28.9 Å². The number of thioether (sulfide) groups is 1. The van der Waals surface area contributed by atoms with Crippen molar-refractivity contribution >= 4 is 46.1 Å². The molecule has 29 heavy (non-hydrogen) atoms. The van der Waals surface area contributed by atoms with Crippen molar-refractivity contribution in [1.82, 2.24) is 4.90 Å². The topological polar surface area (TPSA) is 105 Å². The van der Waals surface area contributed by atoms with E-state index >= 15 is 0 Å². The van der Waals surface area contributed by atoms with Crippen LogP contribution in [0.1, 0.15) is 0 Å². The minimum absolute atomic E-state index is 0.0477. The number of benzene rings is 2. The Bertz CT molecular complexity index is 973. The molecule has 1 heterocycles. The first-order valence-corrected chi connectivity index (χ1v) is 9.33. The van der Waals surface area contributed by atoms with E-state index in [-0.39, 0.29) is 4.91 Å². The number of carbonyl (C=O) groups excluding carboxylic acids is 4. The maximum atomic E-state index is 12.4. The number of imide groups is 1. The van der Waals surface area contributed by atoms with Crippen molar-refractivity contribution in [3.05, 3.63) is 65.6 Å². The van der Waals surface area contributed by atoms with Gasteiger partial charge in [-0.15, -0.1) is 0 Å². The molecule has 1 aliphatic rings. The molecular weight excluding hydrogens is 394 g/mol. The van der Waals surface area contributed by atoms with Gasteiger partial charge in [-0.05, 0) is 48.2 Å². The van der Waals surface area contributed by atoms with Crippen molar-refractivity contribution in [2.45, 2.75) is 0 Å². The fraction of sp³-hybridized carbons (Fsp3) is 0.100. The van der Waals surface area contributed by atoms with E-state index < -0.39 is 29.5 Å². The Balaban J connectivity index is 1.61. The van der Waals surface area contributed by atoms with Crippen LogP contribution in [0.15, 0.2) is 65.6 Å². The summed E-state index contributed by atoms with van der Waals surface area (Å²) in [6, 6.07) is 15.3. The summed E-state index contributed by atoms with van der Waals surface area (Å²) >= 11 is 0.613. The quantitative estimate of drug-likeness (QED) is 0.709. The van der Waals surface area contributed by atoms with Gasteiger partial charge in [-0.1, -0.05) is 18.2 Å². The van der Waals surface area contributed by atoms with E-state index in [1.165, 1.54) is 7.11 Å². The average Bonchev–Trinajstić information content (AvgIpc) is 2.96. The summed E-state index contributed by atoms with van der Waals surface area (Å²) in [6.07, 6.45) is 1.05. The van der Waals surface area contributed by atoms with E-state index in [1.807, 2.05) is 0 Å². The zero-order valence-corrected chi connectivity index (χ0v) is 16.2. The molecule has 9 heteroatoms. The number of methoxy groups -OCH3 is 1. The molecule has 0 bridgehead atoms. The molecule has 0 atom stereocenters. The molecule has 148 valence electrons. The maximum Gasteiger partial charge on any atom is 0.294 e. The molecule has 0 aromatic heterocycles. The molecule has 2 N–H and O–H groups in total. The van der Waals surface area contributed by atoms with Crippen LogP contribution >= 0.6 is 11.8 Å². The fourth-order valence-corrected chi connectivity index (χ4v) is 3.28. The number of carbonyl (C=O) groups is 4. The summed E-state index contributed by atoms with van der Waals surface area (Å²) in [4.78, 5) is 49.5. The van der Waals surface area contributed by atoms with E-state index in [4.69, 9.17) is 4.74 Å². The van der Waals surface area contributed by atoms with Gasteiger partial charge in [0.2, 0.25) is 11.8 Å². The van der Waals surface area contributed by atoms with Gasteiger partial charge in [-0.3, -0.25) is 24.1 Å². The Morgan fingerprint density at radius 1 is 1.00 bits per heavy atom. The molecule has 0 aliphatic carbocycles. The number of hydrogen-bond donors (Lipinski definition) is 2. The van der Waals surface area contributed by atoms with Crippen molar-refractivity contribution in [2.75, 3.05) is 24.3 Å². The SMILES string of the molecule is COc1ccc(NC(=O)/C=C2/SC(=O)N(CC(=O)Nc3ccccc3)C2=O)cc1. The molecular formula is C20H17N3O5S. The molecule has 1 fully saturated rings. The minimum atomic E-state index is -0.687. The number of nitrogens with zero attached hydrogens (tertiary/aromatic N) is 1. The lowest BCUT2D eigenvalue weighted by Gasteiger charge is -2.12. The Morgan fingerprint density at radius 3 is 2.31 bits per heavy atom. The lowest BCUT2D eigenvalue weighted by molar-refractivity contribution is -0.127. The van der Waals surface area contributed by atoms with E-state index in [9.17, 15) is 19.2 Å². The molecule has 0 saturated carbocycles.